The van der Waals surface area contributed by atoms with Crippen LogP contribution >= 0.6 is 11.8 Å². The Hall–Kier alpha value is -2.57. The molecule has 34 heavy (non-hydrogen) atoms. The summed E-state index contributed by atoms with van der Waals surface area (Å²) in [5.74, 6) is -3.40. The molecule has 12 heteroatoms. The number of sulfone groups is 1. The van der Waals surface area contributed by atoms with Gasteiger partial charge < -0.3 is 15.2 Å². The van der Waals surface area contributed by atoms with Crippen LogP contribution < -0.4 is 5.32 Å². The molecule has 1 saturated heterocycles. The molecule has 0 amide bonds. The van der Waals surface area contributed by atoms with Gasteiger partial charge in [0.25, 0.3) is 0 Å². The molecule has 0 unspecified atom stereocenters. The van der Waals surface area contributed by atoms with Crippen molar-refractivity contribution >= 4 is 33.5 Å². The topological polar surface area (TPSA) is 110 Å². The zero-order valence-electron chi connectivity index (χ0n) is 18.2. The van der Waals surface area contributed by atoms with Gasteiger partial charge in [0.05, 0.1) is 11.5 Å². The molecule has 0 atom stereocenters. The van der Waals surface area contributed by atoms with Crippen LogP contribution in [0.3, 0.4) is 0 Å². The first-order chi connectivity index (χ1) is 15.9. The lowest BCUT2D eigenvalue weighted by Gasteiger charge is -2.34. The first-order valence-corrected chi connectivity index (χ1v) is 12.5. The van der Waals surface area contributed by atoms with Crippen molar-refractivity contribution in [1.82, 2.24) is 5.32 Å². The molecular formula is C22H24F3NO6S2. The monoisotopic (exact) mass is 519 g/mol. The van der Waals surface area contributed by atoms with Gasteiger partial charge in [0.15, 0.2) is 14.6 Å². The Labute approximate surface area is 199 Å². The van der Waals surface area contributed by atoms with Crippen LogP contribution in [0.4, 0.5) is 13.2 Å². The minimum Gasteiger partial charge on any atom is -0.475 e. The molecule has 2 aromatic rings. The molecule has 0 aromatic heterocycles. The fourth-order valence-corrected chi connectivity index (χ4v) is 6.02. The fourth-order valence-electron chi connectivity index (χ4n) is 3.21. The normalized spacial score (nSPS) is 15.5. The van der Waals surface area contributed by atoms with E-state index >= 15 is 0 Å². The number of ether oxygens (including phenoxy) is 1. The third-order valence-corrected chi connectivity index (χ3v) is 8.44. The third kappa shape index (κ3) is 6.73. The minimum absolute atomic E-state index is 0.162. The number of halogens is 3. The van der Waals surface area contributed by atoms with Crippen molar-refractivity contribution in [2.24, 2.45) is 0 Å². The first-order valence-electron chi connectivity index (χ1n) is 10.2. The summed E-state index contributed by atoms with van der Waals surface area (Å²) in [6, 6.07) is 16.6. The van der Waals surface area contributed by atoms with E-state index < -0.39 is 32.7 Å². The van der Waals surface area contributed by atoms with Gasteiger partial charge in [0.2, 0.25) is 0 Å². The van der Waals surface area contributed by atoms with Crippen LogP contribution in [-0.4, -0.2) is 56.1 Å². The van der Waals surface area contributed by atoms with Gasteiger partial charge in [-0.3, -0.25) is 4.79 Å². The number of carboxylic acid groups (broad SMARTS) is 1. The standard InChI is InChI=1S/C20H23NO4S2.C2HF3O2/c1-2-25-19(22)20(12-14-21-15-13-20)27(23,24)18-10-8-17(9-11-18)26-16-6-4-3-5-7-16;3-2(4,5)1(6)7/h3-11,21H,2,12-15H2,1H3;(H,6,7). The number of hydrogen-bond donors (Lipinski definition) is 2. The smallest absolute Gasteiger partial charge is 0.475 e. The van der Waals surface area contributed by atoms with Crippen molar-refractivity contribution in [3.63, 3.8) is 0 Å². The lowest BCUT2D eigenvalue weighted by atomic mass is 9.97. The number of nitrogens with one attached hydrogen (secondary N) is 1. The third-order valence-electron chi connectivity index (χ3n) is 4.93. The van der Waals surface area contributed by atoms with E-state index in [4.69, 9.17) is 14.6 Å². The number of piperidine rings is 1. The summed E-state index contributed by atoms with van der Waals surface area (Å²) < 4.78 is 62.1. The van der Waals surface area contributed by atoms with Crippen molar-refractivity contribution in [3.8, 4) is 0 Å². The van der Waals surface area contributed by atoms with E-state index in [1.807, 2.05) is 30.3 Å². The first kappa shape index (κ1) is 27.7. The number of rotatable bonds is 6. The van der Waals surface area contributed by atoms with Crippen molar-refractivity contribution in [2.75, 3.05) is 19.7 Å². The summed E-state index contributed by atoms with van der Waals surface area (Å²) in [5.41, 5.74) is 0. The molecule has 0 saturated carbocycles. The number of benzene rings is 2. The number of hydrogen-bond acceptors (Lipinski definition) is 7. The Balaban J connectivity index is 0.000000509. The van der Waals surface area contributed by atoms with Gasteiger partial charge in [0, 0.05) is 9.79 Å². The molecule has 3 rings (SSSR count). The summed E-state index contributed by atoms with van der Waals surface area (Å²) >= 11 is 1.56. The van der Waals surface area contributed by atoms with Crippen LogP contribution in [0.2, 0.25) is 0 Å². The van der Waals surface area contributed by atoms with Gasteiger partial charge in [-0.05, 0) is 69.3 Å². The Morgan fingerprint density at radius 1 is 1.03 bits per heavy atom. The Morgan fingerprint density at radius 3 is 2.00 bits per heavy atom. The summed E-state index contributed by atoms with van der Waals surface area (Å²) in [4.78, 5) is 23.7. The van der Waals surface area contributed by atoms with Gasteiger partial charge in [-0.25, -0.2) is 13.2 Å². The van der Waals surface area contributed by atoms with Crippen LogP contribution in [0.15, 0.2) is 69.3 Å². The molecule has 1 fully saturated rings. The van der Waals surface area contributed by atoms with Crippen molar-refractivity contribution < 1.29 is 41.0 Å². The number of carboxylic acids is 1. The van der Waals surface area contributed by atoms with E-state index in [2.05, 4.69) is 5.32 Å². The van der Waals surface area contributed by atoms with E-state index in [1.165, 1.54) is 0 Å². The average Bonchev–Trinajstić information content (AvgIpc) is 2.80. The maximum Gasteiger partial charge on any atom is 0.490 e. The summed E-state index contributed by atoms with van der Waals surface area (Å²) in [6.07, 6.45) is -4.65. The van der Waals surface area contributed by atoms with Gasteiger partial charge in [-0.15, -0.1) is 0 Å². The number of alkyl halides is 3. The molecule has 1 heterocycles. The maximum absolute atomic E-state index is 13.4. The van der Waals surface area contributed by atoms with Gasteiger partial charge in [0.1, 0.15) is 0 Å². The molecule has 2 aromatic carbocycles. The van der Waals surface area contributed by atoms with E-state index in [1.54, 1.807) is 43.0 Å². The van der Waals surface area contributed by atoms with Crippen LogP contribution in [0, 0.1) is 0 Å². The van der Waals surface area contributed by atoms with Gasteiger partial charge in [-0.2, -0.15) is 13.2 Å². The highest BCUT2D eigenvalue weighted by atomic mass is 32.2. The van der Waals surface area contributed by atoms with Gasteiger partial charge >= 0.3 is 18.1 Å². The predicted octanol–water partition coefficient (Wildman–Crippen LogP) is 3.93. The Kier molecular flexibility index (Phi) is 9.54. The second-order valence-electron chi connectivity index (χ2n) is 7.16. The number of carbonyl (C=O) groups excluding carboxylic acids is 1. The lowest BCUT2D eigenvalue weighted by Crippen LogP contribution is -2.54. The molecule has 0 bridgehead atoms. The fraction of sp³-hybridized carbons (Fsp3) is 0.364. The van der Waals surface area contributed by atoms with Crippen LogP contribution in [-0.2, 0) is 24.2 Å². The molecule has 1 aliphatic rings. The number of esters is 1. The molecule has 0 radical (unpaired) electrons. The zero-order valence-corrected chi connectivity index (χ0v) is 19.8. The van der Waals surface area contributed by atoms with Crippen molar-refractivity contribution in [3.05, 3.63) is 54.6 Å². The summed E-state index contributed by atoms with van der Waals surface area (Å²) in [7, 11) is -3.86. The van der Waals surface area contributed by atoms with E-state index in [9.17, 15) is 26.4 Å². The zero-order chi connectivity index (χ0) is 25.4. The second-order valence-corrected chi connectivity index (χ2v) is 10.6. The second kappa shape index (κ2) is 11.7. The molecule has 186 valence electrons. The predicted molar refractivity (Wildman–Crippen MR) is 119 cm³/mol. The molecule has 2 N–H and O–H groups in total. The summed E-state index contributed by atoms with van der Waals surface area (Å²) in [6.45, 7) is 2.80. The Morgan fingerprint density at radius 2 is 1.53 bits per heavy atom. The SMILES string of the molecule is CCOC(=O)C1(S(=O)(=O)c2ccc(Sc3ccccc3)cc2)CCNCC1.O=C(O)C(F)(F)F. The lowest BCUT2D eigenvalue weighted by molar-refractivity contribution is -0.192. The van der Waals surface area contributed by atoms with Crippen molar-refractivity contribution in [1.29, 1.82) is 0 Å². The van der Waals surface area contributed by atoms with Crippen LogP contribution in [0.1, 0.15) is 19.8 Å². The summed E-state index contributed by atoms with van der Waals surface area (Å²) in [5, 5.41) is 10.2. The molecule has 0 spiro atoms. The molecular weight excluding hydrogens is 495 g/mol. The number of aliphatic carboxylic acids is 1. The molecule has 7 nitrogen and oxygen atoms in total. The van der Waals surface area contributed by atoms with Gasteiger partial charge in [-0.1, -0.05) is 30.0 Å². The van der Waals surface area contributed by atoms with E-state index in [-0.39, 0.29) is 24.3 Å². The van der Waals surface area contributed by atoms with E-state index in [0.717, 1.165) is 9.79 Å². The molecule has 1 aliphatic heterocycles. The minimum atomic E-state index is -5.08. The van der Waals surface area contributed by atoms with Crippen LogP contribution in [0.25, 0.3) is 0 Å². The highest BCUT2D eigenvalue weighted by Gasteiger charge is 2.53. The van der Waals surface area contributed by atoms with Crippen molar-refractivity contribution in [2.45, 2.75) is 45.4 Å². The van der Waals surface area contributed by atoms with E-state index in [0.29, 0.717) is 13.1 Å². The largest absolute Gasteiger partial charge is 0.490 e. The number of carbonyl (C=O) groups is 2. The average molecular weight is 520 g/mol. The highest BCUT2D eigenvalue weighted by molar-refractivity contribution is 7.99. The van der Waals surface area contributed by atoms with Crippen LogP contribution in [0.5, 0.6) is 0 Å². The Bertz CT molecular complexity index is 1070. The highest BCUT2D eigenvalue weighted by Crippen LogP contribution is 2.36. The maximum atomic E-state index is 13.4. The quantitative estimate of drug-likeness (QED) is 0.553. The molecule has 0 aliphatic carbocycles.